The number of piperidine rings is 1. The van der Waals surface area contributed by atoms with Crippen molar-refractivity contribution in [2.24, 2.45) is 0 Å². The largest absolute Gasteiger partial charge is 0.508 e. The highest BCUT2D eigenvalue weighted by atomic mass is 16.6. The molecule has 1 saturated heterocycles. The summed E-state index contributed by atoms with van der Waals surface area (Å²) in [6.45, 7) is 3.14. The number of aliphatic hydroxyl groups excluding tert-OH is 2. The van der Waals surface area contributed by atoms with Gasteiger partial charge in [0.15, 0.2) is 0 Å². The van der Waals surface area contributed by atoms with Crippen LogP contribution in [0.3, 0.4) is 0 Å². The number of rotatable bonds is 13. The number of methoxy groups -OCH3 is 1. The van der Waals surface area contributed by atoms with Gasteiger partial charge in [-0.3, -0.25) is 10.1 Å². The van der Waals surface area contributed by atoms with Gasteiger partial charge in [-0.15, -0.1) is 0 Å². The first kappa shape index (κ1) is 35.9. The van der Waals surface area contributed by atoms with Crippen molar-refractivity contribution < 1.29 is 34.4 Å². The van der Waals surface area contributed by atoms with Crippen molar-refractivity contribution in [1.29, 1.82) is 0 Å². The van der Waals surface area contributed by atoms with E-state index in [4.69, 9.17) is 9.47 Å². The van der Waals surface area contributed by atoms with E-state index in [1.165, 1.54) is 6.07 Å². The third-order valence-electron chi connectivity index (χ3n) is 9.69. The van der Waals surface area contributed by atoms with Crippen molar-refractivity contribution >= 4 is 23.4 Å². The molecule has 0 radical (unpaired) electrons. The highest BCUT2D eigenvalue weighted by molar-refractivity contribution is 5.96. The number of para-hydroxylation sites is 1. The van der Waals surface area contributed by atoms with E-state index in [9.17, 15) is 24.9 Å². The van der Waals surface area contributed by atoms with Gasteiger partial charge in [0.05, 0.1) is 31.2 Å². The summed E-state index contributed by atoms with van der Waals surface area (Å²) in [5, 5.41) is 36.1. The molecule has 1 atom stereocenters. The van der Waals surface area contributed by atoms with Crippen LogP contribution in [0.25, 0.3) is 11.1 Å². The zero-order valence-corrected chi connectivity index (χ0v) is 28.9. The number of nitrogens with zero attached hydrogens (tertiary/aromatic N) is 2. The first-order chi connectivity index (χ1) is 24.8. The molecule has 2 aliphatic rings. The number of anilines is 2. The zero-order chi connectivity index (χ0) is 35.7. The lowest BCUT2D eigenvalue weighted by Gasteiger charge is -2.31. The van der Waals surface area contributed by atoms with Crippen LogP contribution in [-0.4, -0.2) is 78.2 Å². The summed E-state index contributed by atoms with van der Waals surface area (Å²) in [4.78, 5) is 30.3. The third kappa shape index (κ3) is 8.87. The number of nitrogens with one attached hydrogen (secondary N) is 2. The van der Waals surface area contributed by atoms with Gasteiger partial charge in [-0.25, -0.2) is 4.79 Å². The van der Waals surface area contributed by atoms with Gasteiger partial charge in [0.2, 0.25) is 5.91 Å². The van der Waals surface area contributed by atoms with Crippen molar-refractivity contribution in [3.63, 3.8) is 0 Å². The summed E-state index contributed by atoms with van der Waals surface area (Å²) in [7, 11) is 1.61. The Morgan fingerprint density at radius 3 is 2.47 bits per heavy atom. The molecule has 268 valence electrons. The Morgan fingerprint density at radius 1 is 0.941 bits per heavy atom. The monoisotopic (exact) mass is 694 g/mol. The highest BCUT2D eigenvalue weighted by Gasteiger charge is 2.28. The van der Waals surface area contributed by atoms with Crippen molar-refractivity contribution in [2.45, 2.75) is 51.0 Å². The van der Waals surface area contributed by atoms with Crippen LogP contribution in [-0.2, 0) is 29.1 Å². The smallest absolute Gasteiger partial charge is 0.411 e. The lowest BCUT2D eigenvalue weighted by atomic mass is 10.0. The molecule has 0 aliphatic carbocycles. The predicted octanol–water partition coefficient (Wildman–Crippen LogP) is 5.38. The molecule has 1 fully saturated rings. The van der Waals surface area contributed by atoms with Crippen LogP contribution in [0.5, 0.6) is 11.5 Å². The van der Waals surface area contributed by atoms with Crippen LogP contribution in [0.2, 0.25) is 0 Å². The maximum absolute atomic E-state index is 13.4. The van der Waals surface area contributed by atoms with Gasteiger partial charge in [-0.1, -0.05) is 54.6 Å². The lowest BCUT2D eigenvalue weighted by molar-refractivity contribution is -0.118. The molecule has 11 heteroatoms. The van der Waals surface area contributed by atoms with E-state index >= 15 is 0 Å². The summed E-state index contributed by atoms with van der Waals surface area (Å²) >= 11 is 0. The normalized spacial score (nSPS) is 15.3. The van der Waals surface area contributed by atoms with Crippen LogP contribution >= 0.6 is 0 Å². The molecule has 0 spiro atoms. The molecule has 2 aliphatic heterocycles. The molecule has 0 aromatic heterocycles. The minimum absolute atomic E-state index is 0.00721. The number of benzene rings is 4. The number of aliphatic hydroxyl groups is 2. The molecule has 6 rings (SSSR count). The molecule has 0 bridgehead atoms. The summed E-state index contributed by atoms with van der Waals surface area (Å²) in [5.41, 5.74) is 6.50. The Balaban J connectivity index is 0.953. The average Bonchev–Trinajstić information content (AvgIpc) is 3.57. The first-order valence-electron chi connectivity index (χ1n) is 17.5. The fraction of sp³-hybridized carbons (Fsp3) is 0.350. The van der Waals surface area contributed by atoms with E-state index in [0.717, 1.165) is 47.5 Å². The van der Waals surface area contributed by atoms with E-state index in [0.29, 0.717) is 61.5 Å². The molecular formula is C40H46N4O7. The Kier molecular flexibility index (Phi) is 11.8. The Bertz CT molecular complexity index is 1810. The van der Waals surface area contributed by atoms with Gasteiger partial charge in [-0.2, -0.15) is 0 Å². The quantitative estimate of drug-likeness (QED) is 0.125. The molecule has 4 aromatic rings. The van der Waals surface area contributed by atoms with Gasteiger partial charge in [-0.05, 0) is 60.2 Å². The fourth-order valence-corrected chi connectivity index (χ4v) is 6.85. The number of fused-ring (bicyclic) bond motifs is 1. The van der Waals surface area contributed by atoms with Crippen molar-refractivity contribution in [1.82, 2.24) is 10.2 Å². The SMILES string of the molecule is COc1cc2c(cc1CNC[C@H](O)c1ccc(O)c(CO)c1)CCN2C(=O)CCN1CCC(OC(=O)Nc2ccccc2-c2ccccc2)CC1. The van der Waals surface area contributed by atoms with Gasteiger partial charge >= 0.3 is 6.09 Å². The first-order valence-corrected chi connectivity index (χ1v) is 17.5. The average molecular weight is 695 g/mol. The van der Waals surface area contributed by atoms with Gasteiger partial charge in [0, 0.05) is 68.4 Å². The maximum Gasteiger partial charge on any atom is 0.411 e. The van der Waals surface area contributed by atoms with Crippen LogP contribution in [0, 0.1) is 0 Å². The fourth-order valence-electron chi connectivity index (χ4n) is 6.85. The third-order valence-corrected chi connectivity index (χ3v) is 9.69. The van der Waals surface area contributed by atoms with Crippen molar-refractivity contribution in [3.05, 3.63) is 107 Å². The summed E-state index contributed by atoms with van der Waals surface area (Å²) < 4.78 is 11.5. The molecule has 5 N–H and O–H groups in total. The number of carbonyl (C=O) groups excluding carboxylic acids is 2. The van der Waals surface area contributed by atoms with E-state index in [1.807, 2.05) is 65.6 Å². The van der Waals surface area contributed by atoms with Crippen molar-refractivity contribution in [2.75, 3.05) is 50.1 Å². The number of ether oxygens (including phenoxy) is 2. The van der Waals surface area contributed by atoms with E-state index in [-0.39, 0.29) is 30.9 Å². The minimum Gasteiger partial charge on any atom is -0.508 e. The topological polar surface area (TPSA) is 144 Å². The van der Waals surface area contributed by atoms with E-state index in [1.54, 1.807) is 19.2 Å². The molecule has 2 heterocycles. The Morgan fingerprint density at radius 2 is 1.71 bits per heavy atom. The van der Waals surface area contributed by atoms with Gasteiger partial charge in [0.1, 0.15) is 17.6 Å². The van der Waals surface area contributed by atoms with Crippen LogP contribution < -0.4 is 20.3 Å². The standard InChI is InChI=1S/C40H46N4O7/c1-50-38-23-35-28(21-30(38)24-41-25-37(47)29-11-12-36(46)31(22-29)26-45)13-20-44(35)39(48)16-19-43-17-14-32(15-18-43)51-40(49)42-34-10-6-5-9-33(34)27-7-3-2-4-8-27/h2-12,21-23,32,37,41,45-47H,13-20,24-26H2,1H3,(H,42,49)/t37-/m0/s1. The summed E-state index contributed by atoms with van der Waals surface area (Å²) in [6.07, 6.45) is 1.08. The second-order valence-corrected chi connectivity index (χ2v) is 13.0. The Labute approximate surface area is 298 Å². The number of likely N-dealkylation sites (tertiary alicyclic amines) is 1. The Hall–Kier alpha value is -4.94. The number of aromatic hydroxyl groups is 1. The van der Waals surface area contributed by atoms with E-state index in [2.05, 4.69) is 21.6 Å². The number of amides is 2. The molecule has 2 amide bonds. The second kappa shape index (κ2) is 16.8. The van der Waals surface area contributed by atoms with Crippen LogP contribution in [0.4, 0.5) is 16.2 Å². The van der Waals surface area contributed by atoms with E-state index < -0.39 is 12.2 Å². The molecule has 51 heavy (non-hydrogen) atoms. The van der Waals surface area contributed by atoms with Gasteiger partial charge in [0.25, 0.3) is 0 Å². The second-order valence-electron chi connectivity index (χ2n) is 13.0. The number of phenols is 1. The number of hydrogen-bond acceptors (Lipinski definition) is 9. The molecule has 11 nitrogen and oxygen atoms in total. The number of hydrogen-bond donors (Lipinski definition) is 5. The van der Waals surface area contributed by atoms with Crippen LogP contribution in [0.1, 0.15) is 47.6 Å². The zero-order valence-electron chi connectivity index (χ0n) is 28.9. The molecular weight excluding hydrogens is 648 g/mol. The minimum atomic E-state index is -0.824. The maximum atomic E-state index is 13.4. The summed E-state index contributed by atoms with van der Waals surface area (Å²) in [5.74, 6) is 0.722. The lowest BCUT2D eigenvalue weighted by Crippen LogP contribution is -2.40. The highest BCUT2D eigenvalue weighted by Crippen LogP contribution is 2.35. The summed E-state index contributed by atoms with van der Waals surface area (Å²) in [6, 6.07) is 26.3. The predicted molar refractivity (Wildman–Crippen MR) is 196 cm³/mol. The molecule has 0 saturated carbocycles. The number of carbonyl (C=O) groups is 2. The van der Waals surface area contributed by atoms with Crippen LogP contribution in [0.15, 0.2) is 84.9 Å². The molecule has 0 unspecified atom stereocenters. The van der Waals surface area contributed by atoms with Gasteiger partial charge < -0.3 is 39.9 Å². The van der Waals surface area contributed by atoms with Crippen molar-refractivity contribution in [3.8, 4) is 22.6 Å². The molecule has 4 aromatic carbocycles.